The summed E-state index contributed by atoms with van der Waals surface area (Å²) in [5, 5.41) is 2.97. The predicted octanol–water partition coefficient (Wildman–Crippen LogP) is 5.21. The standard InChI is InChI=1S/C25H24ClNO6/c1-15-10-11-20(30-2)19(12-15)27-24(28)22(16-8-6-5-7-9-16)33-25(29)17-13-18(26)23(32-4)21(14-17)31-3/h5-14,22H,1-4H3,(H,27,28). The Hall–Kier alpha value is -3.71. The van der Waals surface area contributed by atoms with Crippen LogP contribution >= 0.6 is 11.6 Å². The van der Waals surface area contributed by atoms with Crippen molar-refractivity contribution < 1.29 is 28.5 Å². The van der Waals surface area contributed by atoms with Crippen LogP contribution in [0.1, 0.15) is 27.6 Å². The highest BCUT2D eigenvalue weighted by molar-refractivity contribution is 6.32. The summed E-state index contributed by atoms with van der Waals surface area (Å²) in [6.45, 7) is 1.89. The molecule has 0 aromatic heterocycles. The molecule has 1 unspecified atom stereocenters. The second kappa shape index (κ2) is 10.7. The SMILES string of the molecule is COc1ccc(C)cc1NC(=O)C(OC(=O)c1cc(Cl)c(OC)c(OC)c1)c1ccccc1. The van der Waals surface area contributed by atoms with E-state index in [2.05, 4.69) is 5.32 Å². The van der Waals surface area contributed by atoms with Crippen molar-refractivity contribution in [3.8, 4) is 17.2 Å². The smallest absolute Gasteiger partial charge is 0.339 e. The van der Waals surface area contributed by atoms with Gasteiger partial charge in [0.05, 0.1) is 37.6 Å². The molecule has 1 atom stereocenters. The molecule has 1 amide bonds. The first kappa shape index (κ1) is 23.9. The lowest BCUT2D eigenvalue weighted by Crippen LogP contribution is -2.26. The van der Waals surface area contributed by atoms with Crippen molar-refractivity contribution in [2.75, 3.05) is 26.6 Å². The van der Waals surface area contributed by atoms with Crippen molar-refractivity contribution >= 4 is 29.2 Å². The Labute approximate surface area is 197 Å². The minimum Gasteiger partial charge on any atom is -0.495 e. The van der Waals surface area contributed by atoms with Gasteiger partial charge in [-0.05, 0) is 36.8 Å². The van der Waals surface area contributed by atoms with Gasteiger partial charge in [0.1, 0.15) is 5.75 Å². The minimum atomic E-state index is -1.23. The lowest BCUT2D eigenvalue weighted by molar-refractivity contribution is -0.125. The van der Waals surface area contributed by atoms with Gasteiger partial charge in [-0.2, -0.15) is 0 Å². The molecule has 0 radical (unpaired) electrons. The molecule has 0 saturated heterocycles. The van der Waals surface area contributed by atoms with Crippen LogP contribution < -0.4 is 19.5 Å². The number of aryl methyl sites for hydroxylation is 1. The van der Waals surface area contributed by atoms with Crippen LogP contribution in [0.4, 0.5) is 5.69 Å². The summed E-state index contributed by atoms with van der Waals surface area (Å²) < 4.78 is 21.4. The fraction of sp³-hybridized carbons (Fsp3) is 0.200. The molecule has 0 aliphatic heterocycles. The van der Waals surface area contributed by atoms with E-state index >= 15 is 0 Å². The van der Waals surface area contributed by atoms with E-state index in [9.17, 15) is 9.59 Å². The molecule has 33 heavy (non-hydrogen) atoms. The molecule has 3 aromatic rings. The summed E-state index contributed by atoms with van der Waals surface area (Å²) >= 11 is 6.22. The second-order valence-corrected chi connectivity index (χ2v) is 7.49. The highest BCUT2D eigenvalue weighted by Gasteiger charge is 2.27. The maximum Gasteiger partial charge on any atom is 0.339 e. The molecule has 3 aromatic carbocycles. The maximum atomic E-state index is 13.2. The highest BCUT2D eigenvalue weighted by atomic mass is 35.5. The van der Waals surface area contributed by atoms with Crippen molar-refractivity contribution in [2.45, 2.75) is 13.0 Å². The van der Waals surface area contributed by atoms with E-state index in [1.165, 1.54) is 33.5 Å². The number of carbonyl (C=O) groups excluding carboxylic acids is 2. The maximum absolute atomic E-state index is 13.2. The lowest BCUT2D eigenvalue weighted by Gasteiger charge is -2.20. The third-order valence-corrected chi connectivity index (χ3v) is 5.13. The van der Waals surface area contributed by atoms with E-state index in [1.807, 2.05) is 13.0 Å². The second-order valence-electron chi connectivity index (χ2n) is 7.08. The predicted molar refractivity (Wildman–Crippen MR) is 126 cm³/mol. The Kier molecular flexibility index (Phi) is 7.79. The number of carbonyl (C=O) groups is 2. The molecule has 0 heterocycles. The van der Waals surface area contributed by atoms with E-state index in [1.54, 1.807) is 42.5 Å². The molecule has 0 spiro atoms. The number of methoxy groups -OCH3 is 3. The van der Waals surface area contributed by atoms with Crippen LogP contribution in [0.3, 0.4) is 0 Å². The Morgan fingerprint density at radius 2 is 1.58 bits per heavy atom. The molecule has 7 nitrogen and oxygen atoms in total. The summed E-state index contributed by atoms with van der Waals surface area (Å²) in [6.07, 6.45) is -1.23. The number of amides is 1. The quantitative estimate of drug-likeness (QED) is 0.456. The van der Waals surface area contributed by atoms with Crippen molar-refractivity contribution in [1.82, 2.24) is 0 Å². The van der Waals surface area contributed by atoms with E-state index < -0.39 is 18.0 Å². The van der Waals surface area contributed by atoms with Gasteiger partial charge >= 0.3 is 5.97 Å². The molecule has 0 saturated carbocycles. The van der Waals surface area contributed by atoms with Gasteiger partial charge in [0.2, 0.25) is 6.10 Å². The summed E-state index contributed by atoms with van der Waals surface area (Å²) in [7, 11) is 4.38. The number of hydrogen-bond donors (Lipinski definition) is 1. The first-order chi connectivity index (χ1) is 15.9. The average Bonchev–Trinajstić information content (AvgIpc) is 2.82. The number of anilines is 1. The largest absolute Gasteiger partial charge is 0.495 e. The number of nitrogens with one attached hydrogen (secondary N) is 1. The van der Waals surface area contributed by atoms with Gasteiger partial charge in [-0.25, -0.2) is 4.79 Å². The van der Waals surface area contributed by atoms with Gasteiger partial charge in [-0.15, -0.1) is 0 Å². The van der Waals surface area contributed by atoms with Crippen LogP contribution in [0.2, 0.25) is 5.02 Å². The highest BCUT2D eigenvalue weighted by Crippen LogP contribution is 2.37. The first-order valence-corrected chi connectivity index (χ1v) is 10.4. The molecule has 0 bridgehead atoms. The minimum absolute atomic E-state index is 0.111. The van der Waals surface area contributed by atoms with Crippen molar-refractivity contribution in [3.05, 3.63) is 82.4 Å². The number of hydrogen-bond acceptors (Lipinski definition) is 6. The number of esters is 1. The molecule has 3 rings (SSSR count). The van der Waals surface area contributed by atoms with Gasteiger partial charge in [0, 0.05) is 5.56 Å². The van der Waals surface area contributed by atoms with Crippen LogP contribution in [0.5, 0.6) is 17.2 Å². The molecular weight excluding hydrogens is 446 g/mol. The van der Waals surface area contributed by atoms with E-state index in [0.717, 1.165) is 5.56 Å². The topological polar surface area (TPSA) is 83.1 Å². The van der Waals surface area contributed by atoms with Gasteiger partial charge in [-0.3, -0.25) is 4.79 Å². The van der Waals surface area contributed by atoms with Crippen molar-refractivity contribution in [3.63, 3.8) is 0 Å². The fourth-order valence-electron chi connectivity index (χ4n) is 3.23. The molecule has 0 fully saturated rings. The van der Waals surface area contributed by atoms with E-state index in [-0.39, 0.29) is 16.3 Å². The van der Waals surface area contributed by atoms with Crippen LogP contribution in [0.25, 0.3) is 0 Å². The lowest BCUT2D eigenvalue weighted by atomic mass is 10.1. The molecule has 8 heteroatoms. The summed E-state index contributed by atoms with van der Waals surface area (Å²) in [5.74, 6) is -0.247. The van der Waals surface area contributed by atoms with Gasteiger partial charge in [0.25, 0.3) is 5.91 Å². The van der Waals surface area contributed by atoms with Gasteiger partial charge < -0.3 is 24.3 Å². The van der Waals surface area contributed by atoms with Crippen molar-refractivity contribution in [1.29, 1.82) is 0 Å². The van der Waals surface area contributed by atoms with Crippen LogP contribution in [-0.4, -0.2) is 33.2 Å². The Bertz CT molecular complexity index is 1150. The number of halogens is 1. The van der Waals surface area contributed by atoms with Crippen LogP contribution in [0.15, 0.2) is 60.7 Å². The van der Waals surface area contributed by atoms with Crippen LogP contribution in [-0.2, 0) is 9.53 Å². The average molecular weight is 470 g/mol. The first-order valence-electron chi connectivity index (χ1n) is 10.0. The number of benzene rings is 3. The van der Waals surface area contributed by atoms with E-state index in [4.69, 9.17) is 30.5 Å². The fourth-order valence-corrected chi connectivity index (χ4v) is 3.52. The normalized spacial score (nSPS) is 11.3. The molecular formula is C25H24ClNO6. The Morgan fingerprint density at radius 3 is 2.21 bits per heavy atom. The summed E-state index contributed by atoms with van der Waals surface area (Å²) in [6, 6.07) is 16.9. The monoisotopic (exact) mass is 469 g/mol. The van der Waals surface area contributed by atoms with E-state index in [0.29, 0.717) is 22.7 Å². The zero-order valence-corrected chi connectivity index (χ0v) is 19.4. The molecule has 1 N–H and O–H groups in total. The molecule has 0 aliphatic rings. The zero-order valence-electron chi connectivity index (χ0n) is 18.7. The van der Waals surface area contributed by atoms with Gasteiger partial charge in [-0.1, -0.05) is 48.0 Å². The third-order valence-electron chi connectivity index (χ3n) is 4.85. The molecule has 0 aliphatic carbocycles. The zero-order chi connectivity index (χ0) is 24.0. The number of rotatable bonds is 8. The Balaban J connectivity index is 1.93. The molecule has 172 valence electrons. The third kappa shape index (κ3) is 5.56. The summed E-state index contributed by atoms with van der Waals surface area (Å²) in [5.41, 5.74) is 2.01. The Morgan fingerprint density at radius 1 is 0.879 bits per heavy atom. The van der Waals surface area contributed by atoms with Crippen molar-refractivity contribution in [2.24, 2.45) is 0 Å². The summed E-state index contributed by atoms with van der Waals surface area (Å²) in [4.78, 5) is 26.2. The van der Waals surface area contributed by atoms with Crippen LogP contribution in [0, 0.1) is 6.92 Å². The number of ether oxygens (including phenoxy) is 4. The van der Waals surface area contributed by atoms with Gasteiger partial charge in [0.15, 0.2) is 11.5 Å².